The maximum Gasteiger partial charge on any atom is 0.248 e. The second kappa shape index (κ2) is 5.97. The minimum atomic E-state index is -0.246. The Kier molecular flexibility index (Phi) is 4.10. The molecule has 0 spiro atoms. The highest BCUT2D eigenvalue weighted by Crippen LogP contribution is 2.14. The van der Waals surface area contributed by atoms with Gasteiger partial charge in [0, 0.05) is 36.1 Å². The topological polar surface area (TPSA) is 67.2 Å². The highest BCUT2D eigenvalue weighted by atomic mass is 16.3. The monoisotopic (exact) mass is 257 g/mol. The number of hydrogen-bond acceptors (Lipinski definition) is 3. The number of para-hydroxylation sites is 1. The van der Waals surface area contributed by atoms with Crippen molar-refractivity contribution in [2.24, 2.45) is 7.05 Å². The van der Waals surface area contributed by atoms with Crippen LogP contribution in [0.2, 0.25) is 0 Å². The molecule has 0 fully saturated rings. The lowest BCUT2D eigenvalue weighted by molar-refractivity contribution is -0.111. The maximum absolute atomic E-state index is 11.8. The lowest BCUT2D eigenvalue weighted by Gasteiger charge is -2.06. The number of benzene rings is 1. The number of nitrogens with one attached hydrogen (secondary N) is 1. The van der Waals surface area contributed by atoms with Crippen LogP contribution in [-0.2, 0) is 18.4 Å². The number of aliphatic hydroxyl groups excluding tert-OH is 1. The van der Waals surface area contributed by atoms with Crippen LogP contribution in [0.4, 0.5) is 5.69 Å². The Labute approximate surface area is 111 Å². The summed E-state index contributed by atoms with van der Waals surface area (Å²) in [4.78, 5) is 11.8. The molecule has 1 heterocycles. The fraction of sp³-hybridized carbons (Fsp3) is 0.143. The summed E-state index contributed by atoms with van der Waals surface area (Å²) in [6.45, 7) is -0.108. The first-order valence-corrected chi connectivity index (χ1v) is 5.85. The molecule has 5 heteroatoms. The fourth-order valence-corrected chi connectivity index (χ4v) is 1.65. The molecule has 0 atom stereocenters. The minimum Gasteiger partial charge on any atom is -0.392 e. The summed E-state index contributed by atoms with van der Waals surface area (Å²) in [6, 6.07) is 7.13. The molecule has 1 aromatic heterocycles. The van der Waals surface area contributed by atoms with Crippen LogP contribution < -0.4 is 5.32 Å². The number of carbonyl (C=O) groups is 1. The van der Waals surface area contributed by atoms with Crippen LogP contribution in [0.3, 0.4) is 0 Å². The highest BCUT2D eigenvalue weighted by Gasteiger charge is 2.03. The van der Waals surface area contributed by atoms with E-state index in [1.54, 1.807) is 35.2 Å². The Morgan fingerprint density at radius 1 is 1.47 bits per heavy atom. The van der Waals surface area contributed by atoms with Gasteiger partial charge in [0.1, 0.15) is 0 Å². The third-order valence-corrected chi connectivity index (χ3v) is 2.60. The molecule has 0 unspecified atom stereocenters. The fourth-order valence-electron chi connectivity index (χ4n) is 1.65. The molecule has 2 N–H and O–H groups in total. The molecular weight excluding hydrogens is 242 g/mol. The number of nitrogens with zero attached hydrogens (tertiary/aromatic N) is 2. The summed E-state index contributed by atoms with van der Waals surface area (Å²) in [5.41, 5.74) is 2.16. The first kappa shape index (κ1) is 13.0. The Balaban J connectivity index is 2.03. The Bertz CT molecular complexity index is 602. The van der Waals surface area contributed by atoms with E-state index in [2.05, 4.69) is 10.4 Å². The van der Waals surface area contributed by atoms with Gasteiger partial charge >= 0.3 is 0 Å². The summed E-state index contributed by atoms with van der Waals surface area (Å²) in [6.07, 6.45) is 6.60. The van der Waals surface area contributed by atoms with Crippen molar-refractivity contribution in [3.63, 3.8) is 0 Å². The van der Waals surface area contributed by atoms with Crippen LogP contribution in [0, 0.1) is 0 Å². The van der Waals surface area contributed by atoms with Crippen LogP contribution >= 0.6 is 0 Å². The van der Waals surface area contributed by atoms with Crippen LogP contribution in [-0.4, -0.2) is 20.8 Å². The molecule has 2 aromatic rings. The number of aromatic nitrogens is 2. The van der Waals surface area contributed by atoms with Crippen molar-refractivity contribution in [1.29, 1.82) is 0 Å². The van der Waals surface area contributed by atoms with Crippen molar-refractivity contribution in [2.45, 2.75) is 6.61 Å². The van der Waals surface area contributed by atoms with Crippen LogP contribution in [0.5, 0.6) is 0 Å². The second-order valence-corrected chi connectivity index (χ2v) is 4.09. The number of rotatable bonds is 4. The SMILES string of the molecule is Cn1cc(/C=C/C(=O)Nc2ccccc2CO)cn1. The average Bonchev–Trinajstić information content (AvgIpc) is 2.83. The summed E-state index contributed by atoms with van der Waals surface area (Å²) in [5, 5.41) is 15.9. The number of hydrogen-bond donors (Lipinski definition) is 2. The van der Waals surface area contributed by atoms with Crippen molar-refractivity contribution in [3.05, 3.63) is 53.9 Å². The molecule has 5 nitrogen and oxygen atoms in total. The Morgan fingerprint density at radius 2 is 2.26 bits per heavy atom. The van der Waals surface area contributed by atoms with E-state index >= 15 is 0 Å². The zero-order valence-electron chi connectivity index (χ0n) is 10.6. The van der Waals surface area contributed by atoms with Gasteiger partial charge in [-0.1, -0.05) is 18.2 Å². The molecule has 1 aromatic carbocycles. The third kappa shape index (κ3) is 3.53. The lowest BCUT2D eigenvalue weighted by Crippen LogP contribution is -2.09. The average molecular weight is 257 g/mol. The molecule has 0 saturated heterocycles. The van der Waals surface area contributed by atoms with Crippen molar-refractivity contribution in [3.8, 4) is 0 Å². The van der Waals surface area contributed by atoms with Gasteiger partial charge in [0.2, 0.25) is 5.91 Å². The molecule has 98 valence electrons. The standard InChI is InChI=1S/C14H15N3O2/c1-17-9-11(8-15-17)6-7-14(19)16-13-5-3-2-4-12(13)10-18/h2-9,18H,10H2,1H3,(H,16,19)/b7-6+. The first-order chi connectivity index (χ1) is 9.19. The molecule has 0 aliphatic heterocycles. The number of anilines is 1. The minimum absolute atomic E-state index is 0.108. The molecule has 1 amide bonds. The molecule has 0 saturated carbocycles. The molecule has 0 aliphatic rings. The molecule has 0 bridgehead atoms. The third-order valence-electron chi connectivity index (χ3n) is 2.60. The molecular formula is C14H15N3O2. The molecule has 19 heavy (non-hydrogen) atoms. The van der Waals surface area contributed by atoms with Gasteiger partial charge in [0.25, 0.3) is 0 Å². The van der Waals surface area contributed by atoms with Crippen LogP contribution in [0.1, 0.15) is 11.1 Å². The van der Waals surface area contributed by atoms with E-state index in [0.717, 1.165) is 5.56 Å². The zero-order chi connectivity index (χ0) is 13.7. The van der Waals surface area contributed by atoms with Gasteiger partial charge in [-0.05, 0) is 12.1 Å². The molecule has 0 radical (unpaired) electrons. The summed E-state index contributed by atoms with van der Waals surface area (Å²) < 4.78 is 1.67. The number of amides is 1. The van der Waals surface area contributed by atoms with Gasteiger partial charge in [-0.25, -0.2) is 0 Å². The normalized spacial score (nSPS) is 10.8. The summed E-state index contributed by atoms with van der Waals surface area (Å²) >= 11 is 0. The van der Waals surface area contributed by atoms with Gasteiger partial charge in [0.15, 0.2) is 0 Å². The summed E-state index contributed by atoms with van der Waals surface area (Å²) in [5.74, 6) is -0.246. The first-order valence-electron chi connectivity index (χ1n) is 5.85. The predicted octanol–water partition coefficient (Wildman–Crippen LogP) is 1.56. The predicted molar refractivity (Wildman–Crippen MR) is 73.2 cm³/mol. The number of aliphatic hydroxyl groups is 1. The van der Waals surface area contributed by atoms with E-state index in [9.17, 15) is 4.79 Å². The number of carbonyl (C=O) groups excluding carboxylic acids is 1. The lowest BCUT2D eigenvalue weighted by atomic mass is 10.2. The van der Waals surface area contributed by atoms with Gasteiger partial charge in [-0.15, -0.1) is 0 Å². The maximum atomic E-state index is 11.8. The highest BCUT2D eigenvalue weighted by molar-refractivity contribution is 6.02. The second-order valence-electron chi connectivity index (χ2n) is 4.09. The van der Waals surface area contributed by atoms with E-state index in [1.807, 2.05) is 19.3 Å². The van der Waals surface area contributed by atoms with E-state index < -0.39 is 0 Å². The van der Waals surface area contributed by atoms with Gasteiger partial charge in [-0.3, -0.25) is 9.48 Å². The quantitative estimate of drug-likeness (QED) is 0.817. The van der Waals surface area contributed by atoms with Gasteiger partial charge in [-0.2, -0.15) is 5.10 Å². The number of aryl methyl sites for hydroxylation is 1. The zero-order valence-corrected chi connectivity index (χ0v) is 10.6. The van der Waals surface area contributed by atoms with Crippen molar-refractivity contribution in [2.75, 3.05) is 5.32 Å². The largest absolute Gasteiger partial charge is 0.392 e. The van der Waals surface area contributed by atoms with Gasteiger partial charge in [0.05, 0.1) is 12.8 Å². The summed E-state index contributed by atoms with van der Waals surface area (Å²) in [7, 11) is 1.81. The van der Waals surface area contributed by atoms with Gasteiger partial charge < -0.3 is 10.4 Å². The van der Waals surface area contributed by atoms with E-state index in [0.29, 0.717) is 11.3 Å². The van der Waals surface area contributed by atoms with Crippen molar-refractivity contribution in [1.82, 2.24) is 9.78 Å². The van der Waals surface area contributed by atoms with Crippen molar-refractivity contribution < 1.29 is 9.90 Å². The smallest absolute Gasteiger partial charge is 0.248 e. The van der Waals surface area contributed by atoms with E-state index in [-0.39, 0.29) is 12.5 Å². The molecule has 0 aliphatic carbocycles. The Hall–Kier alpha value is -2.40. The molecule has 2 rings (SSSR count). The Morgan fingerprint density at radius 3 is 2.95 bits per heavy atom. The van der Waals surface area contributed by atoms with Crippen LogP contribution in [0.25, 0.3) is 6.08 Å². The van der Waals surface area contributed by atoms with E-state index in [1.165, 1.54) is 6.08 Å². The van der Waals surface area contributed by atoms with E-state index in [4.69, 9.17) is 5.11 Å². The van der Waals surface area contributed by atoms with Crippen LogP contribution in [0.15, 0.2) is 42.7 Å². The van der Waals surface area contributed by atoms with Crippen molar-refractivity contribution >= 4 is 17.7 Å².